The van der Waals surface area contributed by atoms with Gasteiger partial charge in [-0.15, -0.1) is 0 Å². The molecule has 0 fully saturated rings. The van der Waals surface area contributed by atoms with Gasteiger partial charge in [0.2, 0.25) is 0 Å². The molecule has 0 aliphatic carbocycles. The van der Waals surface area contributed by atoms with Crippen molar-refractivity contribution in [3.05, 3.63) is 108 Å². The lowest BCUT2D eigenvalue weighted by Crippen LogP contribution is -1.88. The summed E-state index contributed by atoms with van der Waals surface area (Å²) in [5.74, 6) is 0.563. The highest BCUT2D eigenvalue weighted by atomic mass is 14.1. The van der Waals surface area contributed by atoms with E-state index in [-0.39, 0.29) is 0 Å². The molecule has 0 spiro atoms. The van der Waals surface area contributed by atoms with E-state index in [0.29, 0.717) is 5.92 Å². The lowest BCUT2D eigenvalue weighted by molar-refractivity contribution is 0.867. The van der Waals surface area contributed by atoms with Crippen molar-refractivity contribution in [1.82, 2.24) is 0 Å². The van der Waals surface area contributed by atoms with Gasteiger partial charge in [-0.2, -0.15) is 0 Å². The first-order valence-electron chi connectivity index (χ1n) is 9.59. The molecule has 0 heteroatoms. The van der Waals surface area contributed by atoms with Gasteiger partial charge in [-0.1, -0.05) is 99.3 Å². The molecule has 27 heavy (non-hydrogen) atoms. The van der Waals surface area contributed by atoms with Crippen LogP contribution in [-0.4, -0.2) is 0 Å². The summed E-state index contributed by atoms with van der Waals surface area (Å²) < 4.78 is 0. The van der Waals surface area contributed by atoms with E-state index < -0.39 is 0 Å². The fourth-order valence-corrected chi connectivity index (χ4v) is 3.38. The Labute approximate surface area is 163 Å². The predicted molar refractivity (Wildman–Crippen MR) is 120 cm³/mol. The molecule has 0 aromatic heterocycles. The van der Waals surface area contributed by atoms with Crippen LogP contribution in [-0.2, 0) is 0 Å². The molecule has 3 aromatic carbocycles. The fourth-order valence-electron chi connectivity index (χ4n) is 3.38. The molecule has 0 atom stereocenters. The standard InChI is InChI=1S/C27H28/c1-19(2)23-10-14-25(15-11-23)26-16-12-24(13-17-26)21(4)18-22(5)27-9-7-6-8-20(27)3/h6-19H,4H2,1-3,5H3/b22-18-. The molecule has 0 heterocycles. The summed E-state index contributed by atoms with van der Waals surface area (Å²) in [5.41, 5.74) is 9.87. The second-order valence-electron chi connectivity index (χ2n) is 7.52. The van der Waals surface area contributed by atoms with Crippen LogP contribution >= 0.6 is 0 Å². The van der Waals surface area contributed by atoms with Crippen LogP contribution in [0.3, 0.4) is 0 Å². The molecule has 0 N–H and O–H groups in total. The molecule has 3 aromatic rings. The quantitative estimate of drug-likeness (QED) is 0.409. The van der Waals surface area contributed by atoms with Crippen LogP contribution in [0.1, 0.15) is 48.9 Å². The Hall–Kier alpha value is -2.86. The maximum atomic E-state index is 4.28. The van der Waals surface area contributed by atoms with Crippen LogP contribution in [0.15, 0.2) is 85.5 Å². The number of allylic oxidation sites excluding steroid dienone is 3. The Morgan fingerprint density at radius 2 is 1.37 bits per heavy atom. The van der Waals surface area contributed by atoms with Gasteiger partial charge in [0, 0.05) is 0 Å². The molecule has 0 aliphatic heterocycles. The van der Waals surface area contributed by atoms with E-state index in [9.17, 15) is 0 Å². The van der Waals surface area contributed by atoms with Crippen molar-refractivity contribution in [2.45, 2.75) is 33.6 Å². The number of hydrogen-bond donors (Lipinski definition) is 0. The van der Waals surface area contributed by atoms with Crippen LogP contribution in [0, 0.1) is 6.92 Å². The fraction of sp³-hybridized carbons (Fsp3) is 0.185. The van der Waals surface area contributed by atoms with Crippen molar-refractivity contribution in [2.24, 2.45) is 0 Å². The van der Waals surface area contributed by atoms with Crippen LogP contribution in [0.25, 0.3) is 22.3 Å². The van der Waals surface area contributed by atoms with Crippen molar-refractivity contribution in [3.8, 4) is 11.1 Å². The van der Waals surface area contributed by atoms with Gasteiger partial charge in [0.25, 0.3) is 0 Å². The molecule has 136 valence electrons. The van der Waals surface area contributed by atoms with Crippen molar-refractivity contribution in [2.75, 3.05) is 0 Å². The lowest BCUT2D eigenvalue weighted by Gasteiger charge is -2.09. The third-order valence-electron chi connectivity index (χ3n) is 5.13. The first-order chi connectivity index (χ1) is 13.0. The molecule has 0 unspecified atom stereocenters. The molecule has 0 nitrogen and oxygen atoms in total. The van der Waals surface area contributed by atoms with Gasteiger partial charge in [-0.05, 0) is 64.3 Å². The second kappa shape index (κ2) is 8.22. The molecule has 0 aliphatic rings. The Kier molecular flexibility index (Phi) is 5.76. The summed E-state index contributed by atoms with van der Waals surface area (Å²) in [6.45, 7) is 13.0. The Bertz CT molecular complexity index is 952. The van der Waals surface area contributed by atoms with E-state index in [1.165, 1.54) is 33.4 Å². The molecule has 0 radical (unpaired) electrons. The van der Waals surface area contributed by atoms with E-state index in [0.717, 1.165) is 11.1 Å². The van der Waals surface area contributed by atoms with Gasteiger partial charge < -0.3 is 0 Å². The van der Waals surface area contributed by atoms with E-state index in [2.05, 4.69) is 113 Å². The average Bonchev–Trinajstić information content (AvgIpc) is 2.68. The average molecular weight is 353 g/mol. The largest absolute Gasteiger partial charge is 0.0911 e. The maximum absolute atomic E-state index is 4.28. The highest BCUT2D eigenvalue weighted by molar-refractivity contribution is 5.83. The highest BCUT2D eigenvalue weighted by Gasteiger charge is 2.04. The maximum Gasteiger partial charge on any atom is -0.0184 e. The lowest BCUT2D eigenvalue weighted by atomic mass is 9.95. The topological polar surface area (TPSA) is 0 Å². The molecular formula is C27H28. The van der Waals surface area contributed by atoms with Gasteiger partial charge >= 0.3 is 0 Å². The summed E-state index contributed by atoms with van der Waals surface area (Å²) >= 11 is 0. The van der Waals surface area contributed by atoms with Crippen LogP contribution in [0.4, 0.5) is 0 Å². The monoisotopic (exact) mass is 352 g/mol. The second-order valence-corrected chi connectivity index (χ2v) is 7.52. The third kappa shape index (κ3) is 4.46. The van der Waals surface area contributed by atoms with Gasteiger partial charge in [0.05, 0.1) is 0 Å². The smallest absolute Gasteiger partial charge is 0.0184 e. The number of aryl methyl sites for hydroxylation is 1. The summed E-state index contributed by atoms with van der Waals surface area (Å²) in [6, 6.07) is 26.0. The van der Waals surface area contributed by atoms with Crippen LogP contribution in [0.5, 0.6) is 0 Å². The Balaban J connectivity index is 1.79. The van der Waals surface area contributed by atoms with Crippen LogP contribution in [0.2, 0.25) is 0 Å². The summed E-state index contributed by atoms with van der Waals surface area (Å²) in [4.78, 5) is 0. The first-order valence-corrected chi connectivity index (χ1v) is 9.59. The molecule has 0 saturated heterocycles. The molecule has 0 bridgehead atoms. The first kappa shape index (κ1) is 18.9. The van der Waals surface area contributed by atoms with Crippen molar-refractivity contribution in [3.63, 3.8) is 0 Å². The number of hydrogen-bond acceptors (Lipinski definition) is 0. The Morgan fingerprint density at radius 1 is 0.815 bits per heavy atom. The van der Waals surface area contributed by atoms with Gasteiger partial charge in [-0.25, -0.2) is 0 Å². The zero-order chi connectivity index (χ0) is 19.4. The Morgan fingerprint density at radius 3 is 1.93 bits per heavy atom. The van der Waals surface area contributed by atoms with Crippen molar-refractivity contribution >= 4 is 11.1 Å². The van der Waals surface area contributed by atoms with Crippen molar-refractivity contribution < 1.29 is 0 Å². The molecule has 0 amide bonds. The van der Waals surface area contributed by atoms with E-state index >= 15 is 0 Å². The zero-order valence-electron chi connectivity index (χ0n) is 16.8. The minimum absolute atomic E-state index is 0.563. The van der Waals surface area contributed by atoms with E-state index in [1.54, 1.807) is 0 Å². The van der Waals surface area contributed by atoms with Gasteiger partial charge in [0.1, 0.15) is 0 Å². The predicted octanol–water partition coefficient (Wildman–Crippen LogP) is 7.90. The number of benzene rings is 3. The van der Waals surface area contributed by atoms with Gasteiger partial charge in [0.15, 0.2) is 0 Å². The third-order valence-corrected chi connectivity index (χ3v) is 5.13. The number of rotatable bonds is 5. The highest BCUT2D eigenvalue weighted by Crippen LogP contribution is 2.27. The molecule has 3 rings (SSSR count). The van der Waals surface area contributed by atoms with Crippen molar-refractivity contribution in [1.29, 1.82) is 0 Å². The molecular weight excluding hydrogens is 324 g/mol. The van der Waals surface area contributed by atoms with Gasteiger partial charge in [-0.3, -0.25) is 0 Å². The summed E-state index contributed by atoms with van der Waals surface area (Å²) in [7, 11) is 0. The minimum atomic E-state index is 0.563. The van der Waals surface area contributed by atoms with E-state index in [1.807, 2.05) is 0 Å². The zero-order valence-corrected chi connectivity index (χ0v) is 16.8. The SMILES string of the molecule is C=C(/C=C(/C)c1ccccc1C)c1ccc(-c2ccc(C(C)C)cc2)cc1. The summed E-state index contributed by atoms with van der Waals surface area (Å²) in [5, 5.41) is 0. The van der Waals surface area contributed by atoms with Crippen LogP contribution < -0.4 is 0 Å². The van der Waals surface area contributed by atoms with E-state index in [4.69, 9.17) is 0 Å². The molecule has 0 saturated carbocycles. The minimum Gasteiger partial charge on any atom is -0.0911 e. The normalized spacial score (nSPS) is 11.7. The summed E-state index contributed by atoms with van der Waals surface area (Å²) in [6.07, 6.45) is 2.18.